The molecule has 1 heterocycles. The van der Waals surface area contributed by atoms with Gasteiger partial charge in [-0.1, -0.05) is 24.3 Å². The van der Waals surface area contributed by atoms with Crippen LogP contribution < -0.4 is 0 Å². The van der Waals surface area contributed by atoms with Crippen molar-refractivity contribution in [2.24, 2.45) is 0 Å². The Morgan fingerprint density at radius 2 is 1.52 bits per heavy atom. The molecule has 2 aliphatic rings. The van der Waals surface area contributed by atoms with E-state index in [0.29, 0.717) is 50.0 Å². The summed E-state index contributed by atoms with van der Waals surface area (Å²) in [6.45, 7) is 5.41. The van der Waals surface area contributed by atoms with Gasteiger partial charge in [0.2, 0.25) is 29.0 Å². The molecule has 178 valence electrons. The number of allylic oxidation sites excluding steroid dienone is 2. The van der Waals surface area contributed by atoms with Crippen molar-refractivity contribution in [2.45, 2.75) is 26.2 Å². The maximum absolute atomic E-state index is 12.8. The molecular weight excluding hydrogens is 424 g/mol. The van der Waals surface area contributed by atoms with Crippen LogP contribution >= 0.6 is 0 Å². The number of carbonyl (C=O) groups is 3. The predicted octanol–water partition coefficient (Wildman–Crippen LogP) is 1.27. The summed E-state index contributed by atoms with van der Waals surface area (Å²) in [5.41, 5.74) is 2.71. The molecule has 1 aliphatic heterocycles. The molecule has 1 aromatic rings. The number of amides is 1. The van der Waals surface area contributed by atoms with Gasteiger partial charge in [0.25, 0.3) is 0 Å². The normalized spacial score (nSPS) is 17.6. The Kier molecular flexibility index (Phi) is 8.41. The van der Waals surface area contributed by atoms with E-state index >= 15 is 0 Å². The van der Waals surface area contributed by atoms with Crippen molar-refractivity contribution in [1.82, 2.24) is 9.80 Å². The zero-order valence-corrected chi connectivity index (χ0v) is 19.6. The molecular formula is C25H32N2O6. The van der Waals surface area contributed by atoms with Crippen LogP contribution in [0.2, 0.25) is 0 Å². The van der Waals surface area contributed by atoms with E-state index in [1.807, 2.05) is 29.2 Å². The van der Waals surface area contributed by atoms with Gasteiger partial charge in [-0.05, 0) is 24.5 Å². The van der Waals surface area contributed by atoms with Gasteiger partial charge in [0.05, 0.1) is 20.8 Å². The number of ketones is 2. The van der Waals surface area contributed by atoms with Gasteiger partial charge in [0.1, 0.15) is 0 Å². The molecule has 8 heteroatoms. The molecule has 3 rings (SSSR count). The van der Waals surface area contributed by atoms with Crippen LogP contribution in [0.1, 0.15) is 24.5 Å². The minimum absolute atomic E-state index is 0.0569. The molecule has 0 unspecified atom stereocenters. The Morgan fingerprint density at radius 1 is 0.939 bits per heavy atom. The van der Waals surface area contributed by atoms with Crippen molar-refractivity contribution in [3.8, 4) is 0 Å². The molecule has 0 radical (unpaired) electrons. The van der Waals surface area contributed by atoms with E-state index < -0.39 is 0 Å². The average molecular weight is 457 g/mol. The summed E-state index contributed by atoms with van der Waals surface area (Å²) in [4.78, 5) is 41.9. The van der Waals surface area contributed by atoms with Gasteiger partial charge in [0.15, 0.2) is 0 Å². The third kappa shape index (κ3) is 5.69. The zero-order valence-electron chi connectivity index (χ0n) is 19.6. The quantitative estimate of drug-likeness (QED) is 0.559. The van der Waals surface area contributed by atoms with Crippen LogP contribution in [0.3, 0.4) is 0 Å². The van der Waals surface area contributed by atoms with E-state index in [0.717, 1.165) is 24.2 Å². The molecule has 1 N–H and O–H groups in total. The van der Waals surface area contributed by atoms with Crippen LogP contribution in [-0.4, -0.2) is 85.9 Å². The minimum Gasteiger partial charge on any atom is -0.489 e. The monoisotopic (exact) mass is 456 g/mol. The third-order valence-corrected chi connectivity index (χ3v) is 6.27. The van der Waals surface area contributed by atoms with Gasteiger partial charge in [-0.25, -0.2) is 0 Å². The number of carbonyl (C=O) groups excluding carboxylic acids is 3. The van der Waals surface area contributed by atoms with Crippen molar-refractivity contribution < 1.29 is 29.0 Å². The van der Waals surface area contributed by atoms with E-state index in [1.54, 1.807) is 6.92 Å². The summed E-state index contributed by atoms with van der Waals surface area (Å²) < 4.78 is 10.2. The number of aliphatic hydroxyl groups is 1. The largest absolute Gasteiger partial charge is 0.489 e. The first-order valence-electron chi connectivity index (χ1n) is 11.2. The van der Waals surface area contributed by atoms with Gasteiger partial charge < -0.3 is 19.5 Å². The Morgan fingerprint density at radius 3 is 2.09 bits per heavy atom. The van der Waals surface area contributed by atoms with Crippen molar-refractivity contribution in [2.75, 3.05) is 53.6 Å². The number of ether oxygens (including phenoxy) is 2. The van der Waals surface area contributed by atoms with Crippen molar-refractivity contribution in [3.63, 3.8) is 0 Å². The lowest BCUT2D eigenvalue weighted by molar-refractivity contribution is -0.133. The number of β-amino-alcohol motifs (C(OH)–C–C–N with tert-alkyl or cyclic N) is 1. The number of rotatable bonds is 9. The Bertz CT molecular complexity index is 956. The summed E-state index contributed by atoms with van der Waals surface area (Å²) in [7, 11) is 2.70. The third-order valence-electron chi connectivity index (χ3n) is 6.27. The molecule has 0 spiro atoms. The van der Waals surface area contributed by atoms with Crippen LogP contribution in [0.25, 0.3) is 0 Å². The SMILES string of the molecule is COC1=C(OC)C(=O)C(Cc2ccc(CCC(=O)N3CCN(CCO)CC3)cc2)=C(C)C1=O. The zero-order chi connectivity index (χ0) is 24.0. The first-order chi connectivity index (χ1) is 15.9. The number of hydrogen-bond acceptors (Lipinski definition) is 7. The van der Waals surface area contributed by atoms with Gasteiger partial charge in [-0.2, -0.15) is 0 Å². The average Bonchev–Trinajstić information content (AvgIpc) is 2.83. The van der Waals surface area contributed by atoms with Crippen molar-refractivity contribution in [3.05, 3.63) is 58.1 Å². The van der Waals surface area contributed by atoms with Gasteiger partial charge >= 0.3 is 0 Å². The van der Waals surface area contributed by atoms with E-state index in [9.17, 15) is 14.4 Å². The molecule has 33 heavy (non-hydrogen) atoms. The number of aliphatic hydroxyl groups excluding tert-OH is 1. The summed E-state index contributed by atoms with van der Waals surface area (Å²) in [5.74, 6) is -0.645. The minimum atomic E-state index is -0.337. The van der Waals surface area contributed by atoms with Gasteiger partial charge in [-0.3, -0.25) is 19.3 Å². The Balaban J connectivity index is 1.56. The molecule has 0 bridgehead atoms. The van der Waals surface area contributed by atoms with E-state index in [1.165, 1.54) is 14.2 Å². The van der Waals surface area contributed by atoms with E-state index in [-0.39, 0.29) is 35.6 Å². The standard InChI is InChI=1S/C25H32N2O6/c1-17-20(23(31)25(33-3)24(32-2)22(17)30)16-19-6-4-18(5-7-19)8-9-21(29)27-12-10-26(11-13-27)14-15-28/h4-7,28H,8-16H2,1-3H3. The van der Waals surface area contributed by atoms with Crippen molar-refractivity contribution in [1.29, 1.82) is 0 Å². The molecule has 1 amide bonds. The lowest BCUT2D eigenvalue weighted by Gasteiger charge is -2.34. The van der Waals surface area contributed by atoms with Crippen molar-refractivity contribution >= 4 is 17.5 Å². The Labute approximate surface area is 194 Å². The molecule has 0 atom stereocenters. The van der Waals surface area contributed by atoms with E-state index in [4.69, 9.17) is 14.6 Å². The molecule has 1 fully saturated rings. The summed E-state index contributed by atoms with van der Waals surface area (Å²) in [6.07, 6.45) is 1.40. The number of aryl methyl sites for hydroxylation is 1. The number of hydrogen-bond donors (Lipinski definition) is 1. The smallest absolute Gasteiger partial charge is 0.228 e. The lowest BCUT2D eigenvalue weighted by Crippen LogP contribution is -2.49. The molecule has 0 saturated carbocycles. The predicted molar refractivity (Wildman–Crippen MR) is 122 cm³/mol. The number of Topliss-reactive ketones (excluding diaryl/α,β-unsaturated/α-hetero) is 2. The van der Waals surface area contributed by atoms with Gasteiger partial charge in [0, 0.05) is 56.7 Å². The maximum atomic E-state index is 12.8. The first-order valence-corrected chi connectivity index (χ1v) is 11.2. The highest BCUT2D eigenvalue weighted by Gasteiger charge is 2.34. The van der Waals surface area contributed by atoms with Crippen LogP contribution in [0.5, 0.6) is 0 Å². The van der Waals surface area contributed by atoms with Crippen LogP contribution in [0.15, 0.2) is 46.9 Å². The van der Waals surface area contributed by atoms with Gasteiger partial charge in [-0.15, -0.1) is 0 Å². The van der Waals surface area contributed by atoms with E-state index in [2.05, 4.69) is 4.90 Å². The van der Waals surface area contributed by atoms with Crippen LogP contribution in [-0.2, 0) is 36.7 Å². The molecule has 1 aliphatic carbocycles. The summed E-state index contributed by atoms with van der Waals surface area (Å²) in [5, 5.41) is 9.03. The fraction of sp³-hybridized carbons (Fsp3) is 0.480. The first kappa shape index (κ1) is 24.7. The highest BCUT2D eigenvalue weighted by atomic mass is 16.5. The maximum Gasteiger partial charge on any atom is 0.228 e. The van der Waals surface area contributed by atoms with Crippen LogP contribution in [0.4, 0.5) is 0 Å². The van der Waals surface area contributed by atoms with Crippen LogP contribution in [0, 0.1) is 0 Å². The molecule has 1 aromatic carbocycles. The second-order valence-electron chi connectivity index (χ2n) is 8.27. The summed E-state index contributed by atoms with van der Waals surface area (Å²) >= 11 is 0. The number of methoxy groups -OCH3 is 2. The molecule has 8 nitrogen and oxygen atoms in total. The number of benzene rings is 1. The topological polar surface area (TPSA) is 96.4 Å². The fourth-order valence-corrected chi connectivity index (χ4v) is 4.20. The number of nitrogens with zero attached hydrogens (tertiary/aromatic N) is 2. The molecule has 1 saturated heterocycles. The summed E-state index contributed by atoms with van der Waals surface area (Å²) in [6, 6.07) is 7.77. The lowest BCUT2D eigenvalue weighted by atomic mass is 9.88. The number of piperazine rings is 1. The highest BCUT2D eigenvalue weighted by molar-refractivity contribution is 6.23. The fourth-order valence-electron chi connectivity index (χ4n) is 4.20. The second-order valence-corrected chi connectivity index (χ2v) is 8.27. The Hall–Kier alpha value is -2.97. The highest BCUT2D eigenvalue weighted by Crippen LogP contribution is 2.28. The second kappa shape index (κ2) is 11.2. The molecule has 0 aromatic heterocycles.